The molecule has 2 heterocycles. The van der Waals surface area contributed by atoms with Crippen LogP contribution in [0.2, 0.25) is 0 Å². The first-order valence-corrected chi connectivity index (χ1v) is 12.3. The Bertz CT molecular complexity index is 1090. The Morgan fingerprint density at radius 1 is 1.06 bits per heavy atom. The van der Waals surface area contributed by atoms with E-state index in [1.54, 1.807) is 12.1 Å². The van der Waals surface area contributed by atoms with Crippen molar-refractivity contribution >= 4 is 38.2 Å². The number of thiophene rings is 1. The molecule has 0 radical (unpaired) electrons. The number of carbonyl (C=O) groups is 2. The fourth-order valence-corrected chi connectivity index (χ4v) is 5.94. The Kier molecular flexibility index (Phi) is 7.55. The Morgan fingerprint density at radius 2 is 1.69 bits per heavy atom. The molecule has 1 N–H and O–H groups in total. The van der Waals surface area contributed by atoms with Crippen molar-refractivity contribution in [1.82, 2.24) is 9.21 Å². The van der Waals surface area contributed by atoms with Crippen molar-refractivity contribution in [1.29, 1.82) is 0 Å². The average Bonchev–Trinajstić information content (AvgIpc) is 3.06. The first-order chi connectivity index (χ1) is 15.2. The molecule has 1 aliphatic rings. The van der Waals surface area contributed by atoms with Crippen LogP contribution in [0, 0.1) is 13.8 Å². The van der Waals surface area contributed by atoms with E-state index in [-0.39, 0.29) is 30.4 Å². The number of nitrogens with one attached hydrogen (secondary N) is 1. The van der Waals surface area contributed by atoms with Gasteiger partial charge in [0, 0.05) is 31.1 Å². The number of nitrogens with zero attached hydrogens (tertiary/aromatic N) is 2. The molecule has 32 heavy (non-hydrogen) atoms. The molecule has 9 nitrogen and oxygen atoms in total. The van der Waals surface area contributed by atoms with Crippen molar-refractivity contribution in [2.24, 2.45) is 0 Å². The lowest BCUT2D eigenvalue weighted by molar-refractivity contribution is -0.117. The van der Waals surface area contributed by atoms with Gasteiger partial charge in [-0.25, -0.2) is 13.2 Å². The maximum absolute atomic E-state index is 12.9. The summed E-state index contributed by atoms with van der Waals surface area (Å²) >= 11 is 1.33. The zero-order chi connectivity index (χ0) is 23.5. The Labute approximate surface area is 192 Å². The van der Waals surface area contributed by atoms with Crippen LogP contribution in [0.15, 0.2) is 29.2 Å². The van der Waals surface area contributed by atoms with Crippen LogP contribution in [-0.4, -0.2) is 76.4 Å². The molecule has 0 unspecified atom stereocenters. The molecule has 0 atom stereocenters. The summed E-state index contributed by atoms with van der Waals surface area (Å²) in [6.07, 6.45) is 0. The molecule has 0 aliphatic carbocycles. The zero-order valence-electron chi connectivity index (χ0n) is 18.5. The largest absolute Gasteiger partial charge is 0.497 e. The van der Waals surface area contributed by atoms with Crippen LogP contribution in [0.1, 0.15) is 20.8 Å². The number of anilines is 1. The van der Waals surface area contributed by atoms with Gasteiger partial charge in [-0.2, -0.15) is 4.31 Å². The van der Waals surface area contributed by atoms with E-state index < -0.39 is 16.0 Å². The molecule has 1 aromatic carbocycles. The minimum Gasteiger partial charge on any atom is -0.497 e. The third-order valence-electron chi connectivity index (χ3n) is 5.42. The number of aryl methyl sites for hydroxylation is 1. The SMILES string of the molecule is COC(=O)c1c(NC(=O)CN2CCN(S(=O)(=O)c3ccc(OC)cc3)CC2)sc(C)c1C. The van der Waals surface area contributed by atoms with Gasteiger partial charge in [0.2, 0.25) is 15.9 Å². The molecule has 1 saturated heterocycles. The highest BCUT2D eigenvalue weighted by atomic mass is 32.2. The standard InChI is InChI=1S/C21H27N3O6S2/c1-14-15(2)31-20(19(14)21(26)30-4)22-18(25)13-23-9-11-24(12-10-23)32(27,28)17-7-5-16(29-3)6-8-17/h5-8H,9-13H2,1-4H3,(H,22,25). The highest BCUT2D eigenvalue weighted by molar-refractivity contribution is 7.89. The summed E-state index contributed by atoms with van der Waals surface area (Å²) in [5.41, 5.74) is 1.16. The molecule has 3 rings (SSSR count). The maximum Gasteiger partial charge on any atom is 0.341 e. The monoisotopic (exact) mass is 481 g/mol. The molecule has 174 valence electrons. The van der Waals surface area contributed by atoms with E-state index in [1.165, 1.54) is 42.0 Å². The number of piperazine rings is 1. The summed E-state index contributed by atoms with van der Waals surface area (Å²) in [6, 6.07) is 6.28. The smallest absolute Gasteiger partial charge is 0.341 e. The molecule has 1 aromatic heterocycles. The number of ether oxygens (including phenoxy) is 2. The predicted molar refractivity (Wildman–Crippen MR) is 122 cm³/mol. The van der Waals surface area contributed by atoms with Gasteiger partial charge in [-0.3, -0.25) is 9.69 Å². The number of carbonyl (C=O) groups excluding carboxylic acids is 2. The van der Waals surface area contributed by atoms with E-state index in [0.29, 0.717) is 29.4 Å². The first-order valence-electron chi connectivity index (χ1n) is 10.0. The number of hydrogen-bond donors (Lipinski definition) is 1. The predicted octanol–water partition coefficient (Wildman–Crippen LogP) is 2.11. The van der Waals surface area contributed by atoms with Gasteiger partial charge < -0.3 is 14.8 Å². The number of sulfonamides is 1. The summed E-state index contributed by atoms with van der Waals surface area (Å²) in [4.78, 5) is 27.7. The molecule has 0 saturated carbocycles. The van der Waals surface area contributed by atoms with E-state index in [1.807, 2.05) is 18.7 Å². The quantitative estimate of drug-likeness (QED) is 0.604. The molecule has 11 heteroatoms. The van der Waals surface area contributed by atoms with Gasteiger partial charge in [0.25, 0.3) is 0 Å². The topological polar surface area (TPSA) is 105 Å². The minimum atomic E-state index is -3.61. The molecule has 2 aromatic rings. The second kappa shape index (κ2) is 9.99. The zero-order valence-corrected chi connectivity index (χ0v) is 20.1. The van der Waals surface area contributed by atoms with Crippen molar-refractivity contribution in [3.05, 3.63) is 40.3 Å². The second-order valence-electron chi connectivity index (χ2n) is 7.38. The van der Waals surface area contributed by atoms with Gasteiger partial charge in [0.1, 0.15) is 10.8 Å². The van der Waals surface area contributed by atoms with Crippen LogP contribution in [0.5, 0.6) is 5.75 Å². The summed E-state index contributed by atoms with van der Waals surface area (Å²) in [5.74, 6) is -0.159. The Morgan fingerprint density at radius 3 is 2.25 bits per heavy atom. The number of esters is 1. The van der Waals surface area contributed by atoms with E-state index in [0.717, 1.165) is 10.4 Å². The van der Waals surface area contributed by atoms with Crippen molar-refractivity contribution in [3.8, 4) is 5.75 Å². The maximum atomic E-state index is 12.9. The van der Waals surface area contributed by atoms with E-state index in [9.17, 15) is 18.0 Å². The number of benzene rings is 1. The second-order valence-corrected chi connectivity index (χ2v) is 10.5. The molecule has 0 spiro atoms. The third kappa shape index (κ3) is 5.12. The van der Waals surface area contributed by atoms with Gasteiger partial charge in [0.05, 0.1) is 31.2 Å². The molecule has 0 bridgehead atoms. The van der Waals surface area contributed by atoms with E-state index >= 15 is 0 Å². The van der Waals surface area contributed by atoms with Crippen LogP contribution in [0.25, 0.3) is 0 Å². The summed E-state index contributed by atoms with van der Waals surface area (Å²) in [6.45, 7) is 5.22. The van der Waals surface area contributed by atoms with Crippen LogP contribution in [0.4, 0.5) is 5.00 Å². The van der Waals surface area contributed by atoms with Crippen molar-refractivity contribution in [3.63, 3.8) is 0 Å². The highest BCUT2D eigenvalue weighted by Gasteiger charge is 2.29. The minimum absolute atomic E-state index is 0.104. The molecule has 1 aliphatic heterocycles. The third-order valence-corrected chi connectivity index (χ3v) is 8.46. The van der Waals surface area contributed by atoms with E-state index in [4.69, 9.17) is 9.47 Å². The fourth-order valence-electron chi connectivity index (χ4n) is 3.46. The van der Waals surface area contributed by atoms with Crippen LogP contribution < -0.4 is 10.1 Å². The summed E-state index contributed by atoms with van der Waals surface area (Å²) in [5, 5.41) is 3.28. The molecular formula is C21H27N3O6S2. The number of amides is 1. The lowest BCUT2D eigenvalue weighted by Crippen LogP contribution is -2.50. The van der Waals surface area contributed by atoms with Gasteiger partial charge >= 0.3 is 5.97 Å². The van der Waals surface area contributed by atoms with Crippen LogP contribution in [-0.2, 0) is 19.6 Å². The summed E-state index contributed by atoms with van der Waals surface area (Å²) < 4.78 is 37.1. The molecule has 1 amide bonds. The van der Waals surface area contributed by atoms with Crippen LogP contribution >= 0.6 is 11.3 Å². The van der Waals surface area contributed by atoms with Gasteiger partial charge in [0.15, 0.2) is 0 Å². The van der Waals surface area contributed by atoms with Gasteiger partial charge in [-0.05, 0) is 43.7 Å². The fraction of sp³-hybridized carbons (Fsp3) is 0.429. The van der Waals surface area contributed by atoms with E-state index in [2.05, 4.69) is 5.32 Å². The molecular weight excluding hydrogens is 454 g/mol. The van der Waals surface area contributed by atoms with Crippen molar-refractivity contribution in [2.75, 3.05) is 52.3 Å². The highest BCUT2D eigenvalue weighted by Crippen LogP contribution is 2.33. The summed E-state index contributed by atoms with van der Waals surface area (Å²) in [7, 11) is -0.778. The average molecular weight is 482 g/mol. The lowest BCUT2D eigenvalue weighted by atomic mass is 10.1. The number of rotatable bonds is 7. The van der Waals surface area contributed by atoms with Gasteiger partial charge in [-0.1, -0.05) is 0 Å². The molecule has 1 fully saturated rings. The number of methoxy groups -OCH3 is 2. The van der Waals surface area contributed by atoms with Gasteiger partial charge in [-0.15, -0.1) is 11.3 Å². The van der Waals surface area contributed by atoms with Crippen molar-refractivity contribution in [2.45, 2.75) is 18.7 Å². The Hall–Kier alpha value is -2.47. The van der Waals surface area contributed by atoms with Crippen molar-refractivity contribution < 1.29 is 27.5 Å². The normalized spacial score (nSPS) is 15.4. The van der Waals surface area contributed by atoms with Crippen LogP contribution in [0.3, 0.4) is 0 Å². The lowest BCUT2D eigenvalue weighted by Gasteiger charge is -2.33. The first kappa shape index (κ1) is 24.2. The number of hydrogen-bond acceptors (Lipinski definition) is 8. The Balaban J connectivity index is 1.59.